The van der Waals surface area contributed by atoms with E-state index in [1.165, 1.54) is 11.8 Å². The molecule has 0 aliphatic rings. The lowest BCUT2D eigenvalue weighted by molar-refractivity contribution is 0.420. The molecule has 22 heavy (non-hydrogen) atoms. The first-order valence-corrected chi connectivity index (χ1v) is 8.79. The van der Waals surface area contributed by atoms with E-state index in [-0.39, 0.29) is 0 Å². The summed E-state index contributed by atoms with van der Waals surface area (Å²) in [4.78, 5) is 0. The number of nitrogens with zero attached hydrogens (tertiary/aromatic N) is 2. The van der Waals surface area contributed by atoms with Crippen molar-refractivity contribution in [3.8, 4) is 0 Å². The SMILES string of the molecule is Clc1ccccc1CSc1nnc(Cc2ccc(Br)cc2)o1. The van der Waals surface area contributed by atoms with Crippen LogP contribution in [0.3, 0.4) is 0 Å². The number of rotatable bonds is 5. The molecular weight excluding hydrogens is 384 g/mol. The largest absolute Gasteiger partial charge is 0.416 e. The molecule has 2 aromatic carbocycles. The normalized spacial score (nSPS) is 10.8. The van der Waals surface area contributed by atoms with Crippen LogP contribution in [-0.4, -0.2) is 10.2 Å². The van der Waals surface area contributed by atoms with E-state index in [1.807, 2.05) is 48.5 Å². The molecule has 0 atom stereocenters. The highest BCUT2D eigenvalue weighted by Crippen LogP contribution is 2.26. The molecule has 3 aromatic rings. The van der Waals surface area contributed by atoms with Crippen molar-refractivity contribution in [2.45, 2.75) is 17.4 Å². The molecule has 0 aliphatic heterocycles. The van der Waals surface area contributed by atoms with Crippen molar-refractivity contribution in [1.82, 2.24) is 10.2 Å². The average Bonchev–Trinajstić information content (AvgIpc) is 2.96. The fourth-order valence-electron chi connectivity index (χ4n) is 1.90. The van der Waals surface area contributed by atoms with E-state index in [9.17, 15) is 0 Å². The molecule has 112 valence electrons. The molecule has 0 unspecified atom stereocenters. The van der Waals surface area contributed by atoms with E-state index in [4.69, 9.17) is 16.0 Å². The Bertz CT molecular complexity index is 761. The van der Waals surface area contributed by atoms with Gasteiger partial charge in [-0.1, -0.05) is 69.6 Å². The molecule has 0 bridgehead atoms. The number of halogens is 2. The van der Waals surface area contributed by atoms with E-state index < -0.39 is 0 Å². The molecule has 0 saturated carbocycles. The summed E-state index contributed by atoms with van der Waals surface area (Å²) in [7, 11) is 0. The maximum Gasteiger partial charge on any atom is 0.276 e. The van der Waals surface area contributed by atoms with Gasteiger partial charge in [0.05, 0.1) is 6.42 Å². The van der Waals surface area contributed by atoms with Crippen LogP contribution in [0.25, 0.3) is 0 Å². The third kappa shape index (κ3) is 4.12. The third-order valence-corrected chi connectivity index (χ3v) is 4.79. The molecule has 0 aliphatic carbocycles. The lowest BCUT2D eigenvalue weighted by Crippen LogP contribution is -1.87. The van der Waals surface area contributed by atoms with Crippen LogP contribution in [0.4, 0.5) is 0 Å². The van der Waals surface area contributed by atoms with Crippen molar-refractivity contribution in [1.29, 1.82) is 0 Å². The number of aromatic nitrogens is 2. The Balaban J connectivity index is 1.61. The summed E-state index contributed by atoms with van der Waals surface area (Å²) in [5.41, 5.74) is 2.19. The number of benzene rings is 2. The number of hydrogen-bond donors (Lipinski definition) is 0. The van der Waals surface area contributed by atoms with Gasteiger partial charge in [-0.2, -0.15) is 0 Å². The zero-order valence-electron chi connectivity index (χ0n) is 11.5. The van der Waals surface area contributed by atoms with Crippen LogP contribution in [0.5, 0.6) is 0 Å². The summed E-state index contributed by atoms with van der Waals surface area (Å²) in [5.74, 6) is 1.32. The quantitative estimate of drug-likeness (QED) is 0.544. The van der Waals surface area contributed by atoms with Gasteiger partial charge in [-0.25, -0.2) is 0 Å². The summed E-state index contributed by atoms with van der Waals surface area (Å²) in [5, 5.41) is 9.47. The third-order valence-electron chi connectivity index (χ3n) is 3.03. The van der Waals surface area contributed by atoms with Crippen molar-refractivity contribution in [3.63, 3.8) is 0 Å². The van der Waals surface area contributed by atoms with Crippen LogP contribution in [0, 0.1) is 0 Å². The molecule has 0 N–H and O–H groups in total. The highest BCUT2D eigenvalue weighted by Gasteiger charge is 2.09. The molecule has 0 spiro atoms. The van der Waals surface area contributed by atoms with Gasteiger partial charge in [-0.15, -0.1) is 10.2 Å². The molecule has 3 nitrogen and oxygen atoms in total. The predicted octanol–water partition coefficient (Wildman–Crippen LogP) is 5.37. The van der Waals surface area contributed by atoms with Gasteiger partial charge in [-0.3, -0.25) is 0 Å². The standard InChI is InChI=1S/C16H12BrClN2OS/c17-13-7-5-11(6-8-13)9-15-19-20-16(21-15)22-10-12-3-1-2-4-14(12)18/h1-8H,9-10H2. The number of hydrogen-bond acceptors (Lipinski definition) is 4. The second kappa shape index (κ2) is 7.31. The molecule has 0 fully saturated rings. The van der Waals surface area contributed by atoms with Crippen molar-refractivity contribution >= 4 is 39.3 Å². The Hall–Kier alpha value is -1.30. The van der Waals surface area contributed by atoms with Crippen LogP contribution in [0.15, 0.2) is 62.6 Å². The minimum absolute atomic E-state index is 0.562. The van der Waals surface area contributed by atoms with Crippen molar-refractivity contribution in [2.75, 3.05) is 0 Å². The first-order valence-electron chi connectivity index (χ1n) is 6.64. The lowest BCUT2D eigenvalue weighted by atomic mass is 10.2. The van der Waals surface area contributed by atoms with Gasteiger partial charge in [0.15, 0.2) is 0 Å². The van der Waals surface area contributed by atoms with Gasteiger partial charge in [0.2, 0.25) is 5.89 Å². The summed E-state index contributed by atoms with van der Waals surface area (Å²) in [6.45, 7) is 0. The predicted molar refractivity (Wildman–Crippen MR) is 92.3 cm³/mol. The molecule has 0 amide bonds. The van der Waals surface area contributed by atoms with E-state index in [1.54, 1.807) is 0 Å². The van der Waals surface area contributed by atoms with Crippen LogP contribution >= 0.6 is 39.3 Å². The van der Waals surface area contributed by atoms with Crippen LogP contribution in [0.1, 0.15) is 17.0 Å². The smallest absolute Gasteiger partial charge is 0.276 e. The topological polar surface area (TPSA) is 38.9 Å². The molecular formula is C16H12BrClN2OS. The Morgan fingerprint density at radius 1 is 1.05 bits per heavy atom. The molecule has 1 heterocycles. The van der Waals surface area contributed by atoms with Crippen LogP contribution < -0.4 is 0 Å². The average molecular weight is 396 g/mol. The summed E-state index contributed by atoms with van der Waals surface area (Å²) in [6, 6.07) is 15.8. The summed E-state index contributed by atoms with van der Waals surface area (Å²) in [6.07, 6.45) is 0.632. The minimum Gasteiger partial charge on any atom is -0.416 e. The van der Waals surface area contributed by atoms with E-state index in [2.05, 4.69) is 26.1 Å². The maximum atomic E-state index is 6.13. The first kappa shape index (κ1) is 15.6. The Kier molecular flexibility index (Phi) is 5.18. The summed E-state index contributed by atoms with van der Waals surface area (Å²) >= 11 is 11.0. The Labute approximate surface area is 146 Å². The molecule has 0 saturated heterocycles. The Morgan fingerprint density at radius 2 is 1.82 bits per heavy atom. The lowest BCUT2D eigenvalue weighted by Gasteiger charge is -2.00. The van der Waals surface area contributed by atoms with Crippen molar-refractivity contribution in [3.05, 3.63) is 75.0 Å². The van der Waals surface area contributed by atoms with Crippen molar-refractivity contribution < 1.29 is 4.42 Å². The molecule has 3 rings (SSSR count). The van der Waals surface area contributed by atoms with Gasteiger partial charge >= 0.3 is 0 Å². The second-order valence-corrected chi connectivity index (χ2v) is 6.89. The van der Waals surface area contributed by atoms with E-state index in [0.717, 1.165) is 20.6 Å². The van der Waals surface area contributed by atoms with E-state index in [0.29, 0.717) is 23.3 Å². The summed E-state index contributed by atoms with van der Waals surface area (Å²) < 4.78 is 6.72. The van der Waals surface area contributed by atoms with Gasteiger partial charge < -0.3 is 4.42 Å². The number of thioether (sulfide) groups is 1. The highest BCUT2D eigenvalue weighted by molar-refractivity contribution is 9.10. The highest BCUT2D eigenvalue weighted by atomic mass is 79.9. The zero-order valence-corrected chi connectivity index (χ0v) is 14.7. The van der Waals surface area contributed by atoms with Crippen molar-refractivity contribution in [2.24, 2.45) is 0 Å². The van der Waals surface area contributed by atoms with Gasteiger partial charge in [0.25, 0.3) is 5.22 Å². The van der Waals surface area contributed by atoms with Crippen LogP contribution in [-0.2, 0) is 12.2 Å². The molecule has 6 heteroatoms. The first-order chi connectivity index (χ1) is 10.7. The Morgan fingerprint density at radius 3 is 2.59 bits per heavy atom. The maximum absolute atomic E-state index is 6.13. The van der Waals surface area contributed by atoms with Gasteiger partial charge in [-0.05, 0) is 29.3 Å². The fourth-order valence-corrected chi connectivity index (χ4v) is 3.23. The monoisotopic (exact) mass is 394 g/mol. The second-order valence-electron chi connectivity index (χ2n) is 4.65. The molecule has 0 radical (unpaired) electrons. The van der Waals surface area contributed by atoms with E-state index >= 15 is 0 Å². The minimum atomic E-state index is 0.562. The van der Waals surface area contributed by atoms with Crippen LogP contribution in [0.2, 0.25) is 5.02 Å². The fraction of sp³-hybridized carbons (Fsp3) is 0.125. The zero-order chi connectivity index (χ0) is 15.4. The van der Waals surface area contributed by atoms with Gasteiger partial charge in [0, 0.05) is 15.2 Å². The van der Waals surface area contributed by atoms with Gasteiger partial charge in [0.1, 0.15) is 0 Å². The molecule has 1 aromatic heterocycles.